The van der Waals surface area contributed by atoms with E-state index < -0.39 is 5.97 Å². The van der Waals surface area contributed by atoms with Gasteiger partial charge in [0.2, 0.25) is 0 Å². The molecule has 0 radical (unpaired) electrons. The molecule has 9 heteroatoms. The van der Waals surface area contributed by atoms with Gasteiger partial charge in [-0.2, -0.15) is 5.26 Å². The van der Waals surface area contributed by atoms with E-state index in [4.69, 9.17) is 28.5 Å². The van der Waals surface area contributed by atoms with Gasteiger partial charge in [0, 0.05) is 10.0 Å². The Morgan fingerprint density at radius 2 is 2.08 bits per heavy atom. The van der Waals surface area contributed by atoms with Crippen LogP contribution in [0.5, 0.6) is 0 Å². The van der Waals surface area contributed by atoms with Crippen molar-refractivity contribution in [2.75, 3.05) is 0 Å². The van der Waals surface area contributed by atoms with E-state index in [-0.39, 0.29) is 29.5 Å². The van der Waals surface area contributed by atoms with Gasteiger partial charge in [-0.1, -0.05) is 23.2 Å². The molecule has 0 spiro atoms. The van der Waals surface area contributed by atoms with Gasteiger partial charge in [0.05, 0.1) is 24.6 Å². The minimum Gasteiger partial charge on any atom is -0.477 e. The lowest BCUT2D eigenvalue weighted by Gasteiger charge is -2.12. The van der Waals surface area contributed by atoms with Gasteiger partial charge in [-0.3, -0.25) is 4.98 Å². The van der Waals surface area contributed by atoms with Crippen LogP contribution in [0.2, 0.25) is 10.0 Å². The fraction of sp³-hybridized carbons (Fsp3) is 0.118. The topological polar surface area (TPSA) is 105 Å². The molecule has 3 rings (SSSR count). The van der Waals surface area contributed by atoms with Gasteiger partial charge in [-0.15, -0.1) is 0 Å². The number of halogens is 2. The van der Waals surface area contributed by atoms with Crippen molar-refractivity contribution in [2.45, 2.75) is 13.5 Å². The van der Waals surface area contributed by atoms with Crippen molar-refractivity contribution in [1.82, 2.24) is 19.5 Å². The molecule has 0 saturated carbocycles. The summed E-state index contributed by atoms with van der Waals surface area (Å²) in [7, 11) is 0. The van der Waals surface area contributed by atoms with Crippen LogP contribution in [0.25, 0.3) is 11.5 Å². The van der Waals surface area contributed by atoms with Crippen LogP contribution in [0.4, 0.5) is 0 Å². The second-order valence-electron chi connectivity index (χ2n) is 5.40. The summed E-state index contributed by atoms with van der Waals surface area (Å²) in [4.78, 5) is 24.2. The average Bonchev–Trinajstić information content (AvgIpc) is 2.94. The predicted molar refractivity (Wildman–Crippen MR) is 95.2 cm³/mol. The number of carbonyl (C=O) groups is 1. The molecule has 1 N–H and O–H groups in total. The number of hydrogen-bond donors (Lipinski definition) is 1. The Morgan fingerprint density at radius 3 is 2.77 bits per heavy atom. The molecule has 26 heavy (non-hydrogen) atoms. The molecule has 0 aliphatic heterocycles. The average molecular weight is 388 g/mol. The van der Waals surface area contributed by atoms with E-state index in [1.807, 2.05) is 6.07 Å². The minimum absolute atomic E-state index is 0.000188. The molecular weight excluding hydrogens is 377 g/mol. The van der Waals surface area contributed by atoms with Gasteiger partial charge in [-0.05, 0) is 30.7 Å². The molecule has 2 aromatic heterocycles. The van der Waals surface area contributed by atoms with Gasteiger partial charge < -0.3 is 9.67 Å². The lowest BCUT2D eigenvalue weighted by atomic mass is 10.2. The Kier molecular flexibility index (Phi) is 4.89. The molecular formula is C17H11Cl2N5O2. The third-order valence-corrected chi connectivity index (χ3v) is 4.26. The van der Waals surface area contributed by atoms with Gasteiger partial charge in [0.15, 0.2) is 17.2 Å². The number of aromatic nitrogens is 4. The van der Waals surface area contributed by atoms with E-state index in [1.54, 1.807) is 25.1 Å². The van der Waals surface area contributed by atoms with E-state index in [2.05, 4.69) is 15.0 Å². The lowest BCUT2D eigenvalue weighted by Crippen LogP contribution is -2.12. The van der Waals surface area contributed by atoms with Crippen LogP contribution < -0.4 is 0 Å². The van der Waals surface area contributed by atoms with E-state index in [0.29, 0.717) is 21.3 Å². The first-order valence-electron chi connectivity index (χ1n) is 7.37. The smallest absolute Gasteiger partial charge is 0.354 e. The highest BCUT2D eigenvalue weighted by Crippen LogP contribution is 2.26. The Balaban J connectivity index is 2.20. The van der Waals surface area contributed by atoms with Gasteiger partial charge in [0.25, 0.3) is 0 Å². The van der Waals surface area contributed by atoms with Crippen LogP contribution in [-0.4, -0.2) is 30.6 Å². The molecule has 0 bridgehead atoms. The van der Waals surface area contributed by atoms with Gasteiger partial charge >= 0.3 is 5.97 Å². The van der Waals surface area contributed by atoms with Crippen LogP contribution in [0.3, 0.4) is 0 Å². The SMILES string of the molecule is Cc1nc(-c2cncc(C#N)n2)n(Cc2cc(Cl)ccc2Cl)c1C(=O)O. The zero-order valence-corrected chi connectivity index (χ0v) is 15.0. The number of imidazole rings is 1. The quantitative estimate of drug-likeness (QED) is 0.733. The maximum atomic E-state index is 11.7. The first kappa shape index (κ1) is 17.9. The number of hydrogen-bond acceptors (Lipinski definition) is 5. The Bertz CT molecular complexity index is 1060. The summed E-state index contributed by atoms with van der Waals surface area (Å²) < 4.78 is 1.47. The third kappa shape index (κ3) is 3.38. The summed E-state index contributed by atoms with van der Waals surface area (Å²) in [6, 6.07) is 6.84. The number of carboxylic acids is 1. The molecule has 7 nitrogen and oxygen atoms in total. The summed E-state index contributed by atoms with van der Waals surface area (Å²) in [5.74, 6) is -0.857. The zero-order valence-electron chi connectivity index (χ0n) is 13.4. The van der Waals surface area contributed by atoms with E-state index >= 15 is 0 Å². The highest BCUT2D eigenvalue weighted by atomic mass is 35.5. The molecule has 0 amide bonds. The molecule has 0 atom stereocenters. The number of aromatic carboxylic acids is 1. The van der Waals surface area contributed by atoms with Crippen molar-refractivity contribution in [1.29, 1.82) is 5.26 Å². The summed E-state index contributed by atoms with van der Waals surface area (Å²) in [6.45, 7) is 1.71. The van der Waals surface area contributed by atoms with Crippen LogP contribution in [0.1, 0.15) is 27.4 Å². The standard InChI is InChI=1S/C17H11Cl2N5O2/c1-9-15(17(25)26)24(8-10-4-11(18)2-3-13(10)19)16(22-9)14-7-21-6-12(5-20)23-14/h2-4,6-7H,8H2,1H3,(H,25,26). The fourth-order valence-electron chi connectivity index (χ4n) is 2.56. The highest BCUT2D eigenvalue weighted by Gasteiger charge is 2.23. The van der Waals surface area contributed by atoms with Crippen molar-refractivity contribution < 1.29 is 9.90 Å². The van der Waals surface area contributed by atoms with Gasteiger partial charge in [-0.25, -0.2) is 14.8 Å². The van der Waals surface area contributed by atoms with E-state index in [1.165, 1.54) is 17.0 Å². The predicted octanol–water partition coefficient (Wildman–Crippen LogP) is 3.57. The maximum Gasteiger partial charge on any atom is 0.354 e. The summed E-state index contributed by atoms with van der Waals surface area (Å²) in [5, 5.41) is 19.5. The fourth-order valence-corrected chi connectivity index (χ4v) is 2.93. The van der Waals surface area contributed by atoms with Crippen molar-refractivity contribution in [3.8, 4) is 17.6 Å². The molecule has 1 aromatic carbocycles. The zero-order chi connectivity index (χ0) is 18.8. The van der Waals surface area contributed by atoms with Crippen LogP contribution >= 0.6 is 23.2 Å². The van der Waals surface area contributed by atoms with Crippen LogP contribution in [0.15, 0.2) is 30.6 Å². The summed E-state index contributed by atoms with van der Waals surface area (Å²) in [5.41, 5.74) is 1.34. The minimum atomic E-state index is -1.14. The van der Waals surface area contributed by atoms with Crippen LogP contribution in [0, 0.1) is 18.3 Å². The Labute approximate surface area is 158 Å². The Morgan fingerprint density at radius 1 is 1.31 bits per heavy atom. The maximum absolute atomic E-state index is 11.7. The molecule has 3 aromatic rings. The molecule has 0 unspecified atom stereocenters. The molecule has 0 fully saturated rings. The van der Waals surface area contributed by atoms with Crippen molar-refractivity contribution in [2.24, 2.45) is 0 Å². The molecule has 0 aliphatic rings. The third-order valence-electron chi connectivity index (χ3n) is 3.66. The van der Waals surface area contributed by atoms with Crippen molar-refractivity contribution in [3.05, 3.63) is 63.3 Å². The van der Waals surface area contributed by atoms with E-state index in [9.17, 15) is 9.90 Å². The van der Waals surface area contributed by atoms with Crippen LogP contribution in [-0.2, 0) is 6.54 Å². The number of nitrogens with zero attached hydrogens (tertiary/aromatic N) is 5. The summed E-state index contributed by atoms with van der Waals surface area (Å²) in [6.07, 6.45) is 2.74. The van der Waals surface area contributed by atoms with Crippen molar-refractivity contribution >= 4 is 29.2 Å². The number of aryl methyl sites for hydroxylation is 1. The second-order valence-corrected chi connectivity index (χ2v) is 6.24. The summed E-state index contributed by atoms with van der Waals surface area (Å²) >= 11 is 12.2. The normalized spacial score (nSPS) is 10.5. The lowest BCUT2D eigenvalue weighted by molar-refractivity contribution is 0.0685. The monoisotopic (exact) mass is 387 g/mol. The van der Waals surface area contributed by atoms with Gasteiger partial charge in [0.1, 0.15) is 11.8 Å². The first-order chi connectivity index (χ1) is 12.4. The number of nitriles is 1. The van der Waals surface area contributed by atoms with E-state index in [0.717, 1.165) is 0 Å². The highest BCUT2D eigenvalue weighted by molar-refractivity contribution is 6.33. The van der Waals surface area contributed by atoms with Crippen molar-refractivity contribution in [3.63, 3.8) is 0 Å². The number of rotatable bonds is 4. The number of carboxylic acid groups (broad SMARTS) is 1. The second kappa shape index (κ2) is 7.12. The number of benzene rings is 1. The molecule has 2 heterocycles. The molecule has 130 valence electrons. The largest absolute Gasteiger partial charge is 0.477 e. The molecule has 0 aliphatic carbocycles. The Hall–Kier alpha value is -2.95. The first-order valence-corrected chi connectivity index (χ1v) is 8.13. The molecule has 0 saturated heterocycles.